The number of hydrogen-bond donors (Lipinski definition) is 0. The van der Waals surface area contributed by atoms with Gasteiger partial charge in [0.15, 0.2) is 0 Å². The van der Waals surface area contributed by atoms with Gasteiger partial charge in [-0.25, -0.2) is 19.1 Å². The highest BCUT2D eigenvalue weighted by Gasteiger charge is 2.17. The molecule has 0 N–H and O–H groups in total. The number of aryl methyl sites for hydroxylation is 1. The number of fused-ring (bicyclic) bond motifs is 1. The van der Waals surface area contributed by atoms with Gasteiger partial charge in [0.1, 0.15) is 11.6 Å². The summed E-state index contributed by atoms with van der Waals surface area (Å²) in [5.74, 6) is 0.291. The Hall–Kier alpha value is -3.52. The zero-order valence-corrected chi connectivity index (χ0v) is 17.0. The van der Waals surface area contributed by atoms with E-state index in [1.165, 1.54) is 24.3 Å². The second-order valence-corrected chi connectivity index (χ2v) is 6.85. The molecule has 0 aliphatic rings. The molecule has 1 amide bonds. The zero-order valence-electron chi connectivity index (χ0n) is 17.0. The maximum absolute atomic E-state index is 13.7. The summed E-state index contributed by atoms with van der Waals surface area (Å²) in [6.45, 7) is 2.78. The standard InChI is InChI=1S/C22H22FN5O2/c1-4-27-20-9-8-15(22(29)26(2)30-3)12-19(20)25-21(27)14-18-10-11-24-28(18)17-7-5-6-16(23)13-17/h5-13H,4,14H2,1-3H3. The van der Waals surface area contributed by atoms with Crippen molar-refractivity contribution in [1.29, 1.82) is 0 Å². The van der Waals surface area contributed by atoms with E-state index in [0.29, 0.717) is 17.7 Å². The molecule has 0 unspecified atom stereocenters. The molecule has 2 aromatic carbocycles. The number of nitrogens with zero attached hydrogens (tertiary/aromatic N) is 5. The molecular weight excluding hydrogens is 385 g/mol. The summed E-state index contributed by atoms with van der Waals surface area (Å²) in [5.41, 5.74) is 3.73. The molecule has 30 heavy (non-hydrogen) atoms. The number of amides is 1. The molecular formula is C22H22FN5O2. The van der Waals surface area contributed by atoms with Gasteiger partial charge in [0, 0.05) is 31.8 Å². The second-order valence-electron chi connectivity index (χ2n) is 6.85. The van der Waals surface area contributed by atoms with Crippen LogP contribution >= 0.6 is 0 Å². The molecule has 0 aliphatic heterocycles. The smallest absolute Gasteiger partial charge is 0.277 e. The van der Waals surface area contributed by atoms with Crippen LogP contribution in [0.5, 0.6) is 0 Å². The molecule has 0 atom stereocenters. The van der Waals surface area contributed by atoms with Crippen LogP contribution in [0.1, 0.15) is 28.8 Å². The van der Waals surface area contributed by atoms with Crippen molar-refractivity contribution < 1.29 is 14.0 Å². The quantitative estimate of drug-likeness (QED) is 0.458. The van der Waals surface area contributed by atoms with Gasteiger partial charge in [0.05, 0.1) is 29.5 Å². The number of hydroxylamine groups is 2. The largest absolute Gasteiger partial charge is 0.328 e. The molecule has 4 aromatic rings. The number of aromatic nitrogens is 4. The number of carbonyl (C=O) groups is 1. The summed E-state index contributed by atoms with van der Waals surface area (Å²) in [6.07, 6.45) is 2.21. The molecule has 0 bridgehead atoms. The number of carbonyl (C=O) groups excluding carboxylic acids is 1. The molecule has 7 nitrogen and oxygen atoms in total. The summed E-state index contributed by atoms with van der Waals surface area (Å²) in [4.78, 5) is 22.1. The topological polar surface area (TPSA) is 65.2 Å². The van der Waals surface area contributed by atoms with E-state index < -0.39 is 0 Å². The van der Waals surface area contributed by atoms with Crippen molar-refractivity contribution in [3.05, 3.63) is 77.6 Å². The van der Waals surface area contributed by atoms with Crippen LogP contribution in [0, 0.1) is 5.82 Å². The van der Waals surface area contributed by atoms with Gasteiger partial charge in [-0.05, 0) is 49.4 Å². The normalized spacial score (nSPS) is 11.2. The maximum Gasteiger partial charge on any atom is 0.277 e. The first-order valence-corrected chi connectivity index (χ1v) is 9.62. The van der Waals surface area contributed by atoms with Gasteiger partial charge in [-0.15, -0.1) is 0 Å². The predicted molar refractivity (Wildman–Crippen MR) is 111 cm³/mol. The minimum Gasteiger partial charge on any atom is -0.328 e. The van der Waals surface area contributed by atoms with E-state index in [0.717, 1.165) is 29.1 Å². The Labute approximate surface area is 173 Å². The fourth-order valence-electron chi connectivity index (χ4n) is 3.53. The van der Waals surface area contributed by atoms with Crippen LogP contribution in [0.3, 0.4) is 0 Å². The van der Waals surface area contributed by atoms with Gasteiger partial charge in [0.25, 0.3) is 5.91 Å². The van der Waals surface area contributed by atoms with Gasteiger partial charge in [-0.2, -0.15) is 5.10 Å². The maximum atomic E-state index is 13.7. The van der Waals surface area contributed by atoms with Crippen molar-refractivity contribution in [2.24, 2.45) is 0 Å². The molecule has 154 valence electrons. The van der Waals surface area contributed by atoms with E-state index in [9.17, 15) is 9.18 Å². The predicted octanol–water partition coefficient (Wildman–Crippen LogP) is 3.61. The lowest BCUT2D eigenvalue weighted by molar-refractivity contribution is -0.0756. The minimum atomic E-state index is -0.312. The Balaban J connectivity index is 1.72. The highest BCUT2D eigenvalue weighted by Crippen LogP contribution is 2.22. The molecule has 0 saturated heterocycles. The summed E-state index contributed by atoms with van der Waals surface area (Å²) in [5, 5.41) is 5.53. The molecule has 0 saturated carbocycles. The molecule has 0 spiro atoms. The first kappa shape index (κ1) is 19.8. The lowest BCUT2D eigenvalue weighted by Gasteiger charge is -2.13. The van der Waals surface area contributed by atoms with Crippen molar-refractivity contribution in [1.82, 2.24) is 24.4 Å². The Morgan fingerprint density at radius 2 is 2.03 bits per heavy atom. The lowest BCUT2D eigenvalue weighted by atomic mass is 10.2. The van der Waals surface area contributed by atoms with Crippen molar-refractivity contribution in [3.8, 4) is 5.69 Å². The number of rotatable bonds is 6. The van der Waals surface area contributed by atoms with E-state index in [-0.39, 0.29) is 11.7 Å². The van der Waals surface area contributed by atoms with Crippen molar-refractivity contribution >= 4 is 16.9 Å². The fraction of sp³-hybridized carbons (Fsp3) is 0.227. The highest BCUT2D eigenvalue weighted by molar-refractivity contribution is 5.96. The van der Waals surface area contributed by atoms with Gasteiger partial charge in [0.2, 0.25) is 0 Å². The third-order valence-electron chi connectivity index (χ3n) is 5.06. The molecule has 0 radical (unpaired) electrons. The van der Waals surface area contributed by atoms with E-state index in [2.05, 4.69) is 9.67 Å². The fourth-order valence-corrected chi connectivity index (χ4v) is 3.53. The first-order valence-electron chi connectivity index (χ1n) is 9.62. The van der Waals surface area contributed by atoms with Crippen LogP contribution < -0.4 is 0 Å². The Morgan fingerprint density at radius 1 is 1.20 bits per heavy atom. The Kier molecular flexibility index (Phi) is 5.33. The second kappa shape index (κ2) is 8.08. The number of benzene rings is 2. The van der Waals surface area contributed by atoms with Gasteiger partial charge in [-0.1, -0.05) is 6.07 Å². The molecule has 4 rings (SSSR count). The number of hydrogen-bond acceptors (Lipinski definition) is 4. The summed E-state index contributed by atoms with van der Waals surface area (Å²) >= 11 is 0. The van der Waals surface area contributed by atoms with Gasteiger partial charge >= 0.3 is 0 Å². The molecule has 2 heterocycles. The summed E-state index contributed by atoms with van der Waals surface area (Å²) in [7, 11) is 3.01. The minimum absolute atomic E-state index is 0.240. The summed E-state index contributed by atoms with van der Waals surface area (Å²) in [6, 6.07) is 13.7. The van der Waals surface area contributed by atoms with E-state index in [4.69, 9.17) is 9.82 Å². The van der Waals surface area contributed by atoms with Crippen LogP contribution in [0.25, 0.3) is 16.7 Å². The highest BCUT2D eigenvalue weighted by atomic mass is 19.1. The Bertz CT molecular complexity index is 1210. The molecule has 0 fully saturated rings. The summed E-state index contributed by atoms with van der Waals surface area (Å²) < 4.78 is 17.5. The Morgan fingerprint density at radius 3 is 2.77 bits per heavy atom. The van der Waals surface area contributed by atoms with Gasteiger partial charge in [-0.3, -0.25) is 9.63 Å². The van der Waals surface area contributed by atoms with Crippen LogP contribution in [0.2, 0.25) is 0 Å². The monoisotopic (exact) mass is 407 g/mol. The van der Waals surface area contributed by atoms with E-state index in [1.54, 1.807) is 36.1 Å². The first-order chi connectivity index (χ1) is 14.5. The van der Waals surface area contributed by atoms with Crippen molar-refractivity contribution in [2.45, 2.75) is 19.9 Å². The average Bonchev–Trinajstić information content (AvgIpc) is 3.36. The van der Waals surface area contributed by atoms with Crippen molar-refractivity contribution in [3.63, 3.8) is 0 Å². The lowest BCUT2D eigenvalue weighted by Crippen LogP contribution is -2.25. The van der Waals surface area contributed by atoms with E-state index >= 15 is 0 Å². The van der Waals surface area contributed by atoms with Crippen LogP contribution in [0.4, 0.5) is 4.39 Å². The van der Waals surface area contributed by atoms with Crippen molar-refractivity contribution in [2.75, 3.05) is 14.2 Å². The molecule has 2 aromatic heterocycles. The molecule has 0 aliphatic carbocycles. The third-order valence-corrected chi connectivity index (χ3v) is 5.06. The number of imidazole rings is 1. The van der Waals surface area contributed by atoms with Crippen LogP contribution in [-0.4, -0.2) is 44.5 Å². The zero-order chi connectivity index (χ0) is 21.3. The van der Waals surface area contributed by atoms with E-state index in [1.807, 2.05) is 25.1 Å². The number of halogens is 1. The SMILES string of the molecule is CCn1c(Cc2ccnn2-c2cccc(F)c2)nc2cc(C(=O)N(C)OC)ccc21. The molecule has 8 heteroatoms. The third kappa shape index (κ3) is 3.57. The van der Waals surface area contributed by atoms with Crippen LogP contribution in [-0.2, 0) is 17.8 Å². The average molecular weight is 407 g/mol. The van der Waals surface area contributed by atoms with Gasteiger partial charge < -0.3 is 4.57 Å². The van der Waals surface area contributed by atoms with Crippen LogP contribution in [0.15, 0.2) is 54.7 Å².